The minimum Gasteiger partial charge on any atom is -0.268 e. The number of hydrogen-bond donors (Lipinski definition) is 0. The molecule has 7 nitrogen and oxygen atoms in total. The number of nitrogens with zero attached hydrogens (tertiary/aromatic N) is 5. The van der Waals surface area contributed by atoms with Crippen LogP contribution >= 0.6 is 11.3 Å². The molecule has 7 aromatic rings. The number of hydrogen-bond acceptors (Lipinski definition) is 6. The van der Waals surface area contributed by atoms with Crippen LogP contribution in [0.4, 0.5) is 0 Å². The lowest BCUT2D eigenvalue weighted by molar-refractivity contribution is 0.878. The summed E-state index contributed by atoms with van der Waals surface area (Å²) in [5.41, 5.74) is 2.04. The largest absolute Gasteiger partial charge is 0.269 e. The molecule has 0 bridgehead atoms. The number of thiophene rings is 1. The molecule has 3 aromatic carbocycles. The fourth-order valence-electron chi connectivity index (χ4n) is 4.58. The van der Waals surface area contributed by atoms with Gasteiger partial charge in [0.2, 0.25) is 5.95 Å². The molecule has 0 aliphatic carbocycles. The van der Waals surface area contributed by atoms with E-state index in [-0.39, 0.29) is 17.1 Å². The summed E-state index contributed by atoms with van der Waals surface area (Å²) in [5, 5.41) is 5.31. The van der Waals surface area contributed by atoms with Gasteiger partial charge in [0.05, 0.1) is 10.9 Å². The van der Waals surface area contributed by atoms with Crippen molar-refractivity contribution in [3.8, 4) is 28.7 Å². The molecule has 37 heavy (non-hydrogen) atoms. The molecule has 0 spiro atoms. The van der Waals surface area contributed by atoms with E-state index in [1.165, 1.54) is 15.9 Å². The Labute approximate surface area is 213 Å². The van der Waals surface area contributed by atoms with E-state index in [2.05, 4.69) is 0 Å². The van der Waals surface area contributed by atoms with Crippen LogP contribution in [-0.2, 0) is 0 Å². The van der Waals surface area contributed by atoms with Crippen molar-refractivity contribution in [2.75, 3.05) is 0 Å². The van der Waals surface area contributed by atoms with Gasteiger partial charge in [-0.15, -0.1) is 11.3 Å². The molecule has 0 saturated heterocycles. The monoisotopic (exact) mass is 499 g/mol. The van der Waals surface area contributed by atoms with Crippen LogP contribution in [0, 0.1) is 0 Å². The molecule has 0 saturated carbocycles. The molecule has 0 aliphatic rings. The molecule has 0 atom stereocenters. The van der Waals surface area contributed by atoms with E-state index in [4.69, 9.17) is 15.0 Å². The molecule has 176 valence electrons. The van der Waals surface area contributed by atoms with Crippen LogP contribution in [0.25, 0.3) is 56.0 Å². The standard InChI is InChI=1S/C29H17N5O2S/c35-27-21-14-8-7-13-20(21)15-24-33(27)23-17-37-16-22(23)28(36)34(24)29-31-25(18-9-3-1-4-10-18)30-26(32-29)19-11-5-2-6-12-19/h1-17H. The van der Waals surface area contributed by atoms with Crippen molar-refractivity contribution in [1.82, 2.24) is 23.9 Å². The summed E-state index contributed by atoms with van der Waals surface area (Å²) in [6, 6.07) is 28.3. The Balaban J connectivity index is 1.64. The van der Waals surface area contributed by atoms with E-state index in [0.717, 1.165) is 16.5 Å². The number of fused-ring (bicyclic) bond motifs is 4. The van der Waals surface area contributed by atoms with Gasteiger partial charge in [-0.2, -0.15) is 9.97 Å². The minimum atomic E-state index is -0.296. The summed E-state index contributed by atoms with van der Waals surface area (Å²) in [5.74, 6) is 1.02. The summed E-state index contributed by atoms with van der Waals surface area (Å²) in [7, 11) is 0. The van der Waals surface area contributed by atoms with E-state index >= 15 is 0 Å². The SMILES string of the molecule is O=c1c2cscc2n2c(=O)c3ccccc3cc2n1-c1nc(-c2ccccc2)nc(-c2ccccc2)n1. The quantitative estimate of drug-likeness (QED) is 0.307. The van der Waals surface area contributed by atoms with Gasteiger partial charge in [0.25, 0.3) is 11.1 Å². The van der Waals surface area contributed by atoms with E-state index in [9.17, 15) is 9.59 Å². The average molecular weight is 500 g/mol. The molecular weight excluding hydrogens is 482 g/mol. The third-order valence-corrected chi connectivity index (χ3v) is 7.07. The zero-order valence-corrected chi connectivity index (χ0v) is 20.1. The molecule has 0 aliphatic heterocycles. The third kappa shape index (κ3) is 3.38. The molecule has 7 rings (SSSR count). The van der Waals surface area contributed by atoms with Crippen molar-refractivity contribution in [3.05, 3.63) is 122 Å². The summed E-state index contributed by atoms with van der Waals surface area (Å²) in [6.07, 6.45) is 0. The number of pyridine rings is 1. The molecule has 0 radical (unpaired) electrons. The van der Waals surface area contributed by atoms with Gasteiger partial charge in [0.15, 0.2) is 11.6 Å². The predicted octanol–water partition coefficient (Wildman–Crippen LogP) is 5.34. The average Bonchev–Trinajstić information content (AvgIpc) is 3.44. The van der Waals surface area contributed by atoms with Crippen LogP contribution in [0.15, 0.2) is 111 Å². The second-order valence-corrected chi connectivity index (χ2v) is 9.30. The van der Waals surface area contributed by atoms with Crippen LogP contribution in [0.5, 0.6) is 0 Å². The predicted molar refractivity (Wildman–Crippen MR) is 146 cm³/mol. The Morgan fingerprint density at radius 1 is 0.622 bits per heavy atom. The van der Waals surface area contributed by atoms with Gasteiger partial charge in [-0.1, -0.05) is 78.9 Å². The van der Waals surface area contributed by atoms with Gasteiger partial charge in [-0.25, -0.2) is 9.55 Å². The first-order chi connectivity index (χ1) is 18.2. The Bertz CT molecular complexity index is 2020. The molecule has 4 heterocycles. The Kier molecular flexibility index (Phi) is 4.80. The lowest BCUT2D eigenvalue weighted by Crippen LogP contribution is -2.28. The number of rotatable bonds is 3. The van der Waals surface area contributed by atoms with Crippen molar-refractivity contribution < 1.29 is 0 Å². The Morgan fingerprint density at radius 2 is 1.24 bits per heavy atom. The molecule has 0 amide bonds. The van der Waals surface area contributed by atoms with E-state index in [1.807, 2.05) is 90.3 Å². The fraction of sp³-hybridized carbons (Fsp3) is 0. The minimum absolute atomic E-state index is 0.151. The zero-order chi connectivity index (χ0) is 24.9. The topological polar surface area (TPSA) is 82.1 Å². The highest BCUT2D eigenvalue weighted by Gasteiger charge is 2.20. The number of benzene rings is 3. The van der Waals surface area contributed by atoms with Crippen LogP contribution in [-0.4, -0.2) is 23.9 Å². The molecule has 8 heteroatoms. The highest BCUT2D eigenvalue weighted by atomic mass is 32.1. The smallest absolute Gasteiger partial charge is 0.268 e. The van der Waals surface area contributed by atoms with Gasteiger partial charge in [-0.05, 0) is 17.5 Å². The maximum Gasteiger partial charge on any atom is 0.269 e. The van der Waals surface area contributed by atoms with Crippen molar-refractivity contribution in [3.63, 3.8) is 0 Å². The first kappa shape index (κ1) is 21.3. The van der Waals surface area contributed by atoms with E-state index in [1.54, 1.807) is 15.8 Å². The van der Waals surface area contributed by atoms with Gasteiger partial charge in [0, 0.05) is 27.3 Å². The molecule has 4 aromatic heterocycles. The Hall–Kier alpha value is -4.95. The molecule has 0 N–H and O–H groups in total. The van der Waals surface area contributed by atoms with E-state index < -0.39 is 0 Å². The zero-order valence-electron chi connectivity index (χ0n) is 19.3. The van der Waals surface area contributed by atoms with Gasteiger partial charge in [-0.3, -0.25) is 14.0 Å². The van der Waals surface area contributed by atoms with Crippen LogP contribution < -0.4 is 11.1 Å². The fourth-order valence-corrected chi connectivity index (χ4v) is 5.37. The summed E-state index contributed by atoms with van der Waals surface area (Å²) >= 11 is 1.37. The second-order valence-electron chi connectivity index (χ2n) is 8.56. The molecule has 0 unspecified atom stereocenters. The first-order valence-corrected chi connectivity index (χ1v) is 12.6. The number of aromatic nitrogens is 5. The molecular formula is C29H17N5O2S. The highest BCUT2D eigenvalue weighted by molar-refractivity contribution is 7.09. The van der Waals surface area contributed by atoms with Crippen molar-refractivity contribution in [2.45, 2.75) is 0 Å². The van der Waals surface area contributed by atoms with Crippen LogP contribution in [0.2, 0.25) is 0 Å². The summed E-state index contributed by atoms with van der Waals surface area (Å²) < 4.78 is 2.99. The van der Waals surface area contributed by atoms with Gasteiger partial charge >= 0.3 is 0 Å². The van der Waals surface area contributed by atoms with Crippen molar-refractivity contribution >= 4 is 38.7 Å². The summed E-state index contributed by atoms with van der Waals surface area (Å²) in [4.78, 5) is 41.8. The second kappa shape index (κ2) is 8.32. The molecule has 0 fully saturated rings. The maximum absolute atomic E-state index is 13.9. The van der Waals surface area contributed by atoms with Crippen molar-refractivity contribution in [2.24, 2.45) is 0 Å². The lowest BCUT2D eigenvalue weighted by atomic mass is 10.1. The lowest BCUT2D eigenvalue weighted by Gasteiger charge is -2.14. The summed E-state index contributed by atoms with van der Waals surface area (Å²) in [6.45, 7) is 0. The van der Waals surface area contributed by atoms with Crippen LogP contribution in [0.1, 0.15) is 0 Å². The van der Waals surface area contributed by atoms with Gasteiger partial charge < -0.3 is 0 Å². The Morgan fingerprint density at radius 3 is 1.92 bits per heavy atom. The third-order valence-electron chi connectivity index (χ3n) is 6.34. The highest BCUT2D eigenvalue weighted by Crippen LogP contribution is 2.24. The first-order valence-electron chi connectivity index (χ1n) is 11.6. The maximum atomic E-state index is 13.9. The van der Waals surface area contributed by atoms with E-state index in [0.29, 0.717) is 33.6 Å². The normalized spacial score (nSPS) is 11.5. The van der Waals surface area contributed by atoms with Crippen LogP contribution in [0.3, 0.4) is 0 Å². The van der Waals surface area contributed by atoms with Crippen molar-refractivity contribution in [1.29, 1.82) is 0 Å². The van der Waals surface area contributed by atoms with Gasteiger partial charge in [0.1, 0.15) is 5.65 Å².